The van der Waals surface area contributed by atoms with Gasteiger partial charge < -0.3 is 19.3 Å². The van der Waals surface area contributed by atoms with E-state index in [0.717, 1.165) is 36.8 Å². The first-order chi connectivity index (χ1) is 25.4. The quantitative estimate of drug-likeness (QED) is 0.117. The fraction of sp³-hybridized carbons (Fsp3) is 0.714. The molecule has 4 aliphatic carbocycles. The van der Waals surface area contributed by atoms with E-state index in [1.54, 1.807) is 20.8 Å². The zero-order chi connectivity index (χ0) is 41.1. The van der Waals surface area contributed by atoms with Crippen LogP contribution in [-0.4, -0.2) is 36.0 Å². The van der Waals surface area contributed by atoms with Crippen molar-refractivity contribution in [3.05, 3.63) is 64.4 Å². The number of aliphatic hydroxyl groups is 1. The molecule has 0 radical (unpaired) electrons. The molecule has 55 heavy (non-hydrogen) atoms. The Labute approximate surface area is 333 Å². The molecule has 306 valence electrons. The van der Waals surface area contributed by atoms with E-state index >= 15 is 0 Å². The number of ether oxygens (including phenoxy) is 3. The van der Waals surface area contributed by atoms with Crippen LogP contribution in [-0.2, 0) is 29.2 Å². The van der Waals surface area contributed by atoms with Crippen molar-refractivity contribution < 1.29 is 28.9 Å². The second-order valence-electron chi connectivity index (χ2n) is 21.2. The second-order valence-corrected chi connectivity index (χ2v) is 21.2. The first-order valence-corrected chi connectivity index (χ1v) is 21.2. The van der Waals surface area contributed by atoms with Gasteiger partial charge >= 0.3 is 11.9 Å². The number of allylic oxidation sites excluding steroid dienone is 3. The summed E-state index contributed by atoms with van der Waals surface area (Å²) in [6.07, 6.45) is 6.01. The zero-order valence-corrected chi connectivity index (χ0v) is 36.9. The van der Waals surface area contributed by atoms with Gasteiger partial charge in [0.25, 0.3) is 0 Å². The molecule has 1 aromatic carbocycles. The molecule has 4 aliphatic rings. The molecule has 0 amide bonds. The molecule has 0 aromatic heterocycles. The minimum atomic E-state index is -0.726. The summed E-state index contributed by atoms with van der Waals surface area (Å²) in [4.78, 5) is 27.3. The van der Waals surface area contributed by atoms with Crippen LogP contribution < -0.4 is 0 Å². The van der Waals surface area contributed by atoms with Crippen LogP contribution in [0.3, 0.4) is 0 Å². The van der Waals surface area contributed by atoms with Gasteiger partial charge in [-0.3, -0.25) is 4.79 Å². The standard InChI is InChI=1S/C49H74O6/c1-29(2)35(33-16-18-34(19-17-33)45(7,8)9)20-21-36(43(51)53-28-54-44(52)46(10,11)12)41-38-26-39(50)42-47(13)24-22-31(5)32(6)37(47)23-25-48(42,14)49(38,15)27-40(41)55-30(3)4/h16-19,31-32,37-40,42,50H,3,20-28H2,1-2,4-15H3/b41-36-/t31-,32+,37+,38+,39-,40?,42+,47+,48+,49+/m1/s1. The fourth-order valence-corrected chi connectivity index (χ4v) is 12.1. The highest BCUT2D eigenvalue weighted by atomic mass is 16.7. The third-order valence-electron chi connectivity index (χ3n) is 15.4. The summed E-state index contributed by atoms with van der Waals surface area (Å²) in [5.74, 6) is 1.66. The third-order valence-corrected chi connectivity index (χ3v) is 15.4. The van der Waals surface area contributed by atoms with Crippen LogP contribution in [0.5, 0.6) is 0 Å². The molecule has 4 saturated carbocycles. The van der Waals surface area contributed by atoms with Gasteiger partial charge in [0.2, 0.25) is 6.79 Å². The number of rotatable bonds is 9. The Kier molecular flexibility index (Phi) is 12.2. The number of aliphatic hydroxyl groups excluding tert-OH is 1. The molecule has 0 spiro atoms. The summed E-state index contributed by atoms with van der Waals surface area (Å²) in [6, 6.07) is 8.81. The van der Waals surface area contributed by atoms with Crippen molar-refractivity contribution in [2.24, 2.45) is 51.2 Å². The smallest absolute Gasteiger partial charge is 0.336 e. The molecule has 4 fully saturated rings. The lowest BCUT2D eigenvalue weighted by molar-refractivity contribution is -0.229. The van der Waals surface area contributed by atoms with Crippen LogP contribution in [0.4, 0.5) is 0 Å². The Bertz CT molecular complexity index is 1680. The van der Waals surface area contributed by atoms with Crippen molar-refractivity contribution in [2.45, 2.75) is 166 Å². The maximum atomic E-state index is 14.6. The van der Waals surface area contributed by atoms with Gasteiger partial charge in [0.1, 0.15) is 6.10 Å². The van der Waals surface area contributed by atoms with E-state index in [1.807, 2.05) is 6.92 Å². The van der Waals surface area contributed by atoms with Crippen LogP contribution >= 0.6 is 0 Å². The molecule has 1 aromatic rings. The number of carbonyl (C=O) groups excluding carboxylic acids is 2. The largest absolute Gasteiger partial charge is 0.491 e. The summed E-state index contributed by atoms with van der Waals surface area (Å²) < 4.78 is 18.0. The van der Waals surface area contributed by atoms with E-state index in [4.69, 9.17) is 14.2 Å². The van der Waals surface area contributed by atoms with E-state index in [2.05, 4.69) is 100 Å². The van der Waals surface area contributed by atoms with Crippen LogP contribution in [0.15, 0.2) is 53.3 Å². The SMILES string of the molecule is C=C(C)OC1C[C@@]2(C)[C@@H](C[C@@H](O)[C@H]3[C@@]4(C)CC[C@@H](C)[C@H](C)[C@@H]4CC[C@@]32C)/C1=C(\CCC(=C(C)C)c1ccc(C(C)(C)C)cc1)C(=O)OCOC(=O)C(C)(C)C. The molecule has 0 saturated heterocycles. The van der Waals surface area contributed by atoms with Crippen LogP contribution in [0.25, 0.3) is 5.57 Å². The summed E-state index contributed by atoms with van der Waals surface area (Å²) >= 11 is 0. The summed E-state index contributed by atoms with van der Waals surface area (Å²) in [6.45, 7) is 34.1. The predicted molar refractivity (Wildman–Crippen MR) is 223 cm³/mol. The first kappa shape index (κ1) is 43.3. The molecule has 10 atom stereocenters. The van der Waals surface area contributed by atoms with E-state index < -0.39 is 30.3 Å². The molecule has 6 heteroatoms. The van der Waals surface area contributed by atoms with Crippen molar-refractivity contribution in [1.29, 1.82) is 0 Å². The van der Waals surface area contributed by atoms with Gasteiger partial charge in [-0.15, -0.1) is 0 Å². The molecule has 5 rings (SSSR count). The monoisotopic (exact) mass is 759 g/mol. The average molecular weight is 759 g/mol. The molecule has 1 unspecified atom stereocenters. The minimum absolute atomic E-state index is 0.0411. The minimum Gasteiger partial charge on any atom is -0.491 e. The lowest BCUT2D eigenvalue weighted by atomic mass is 9.36. The average Bonchev–Trinajstić information content (AvgIpc) is 3.34. The number of esters is 2. The van der Waals surface area contributed by atoms with E-state index in [0.29, 0.717) is 48.3 Å². The van der Waals surface area contributed by atoms with Crippen molar-refractivity contribution in [2.75, 3.05) is 6.79 Å². The molecule has 1 N–H and O–H groups in total. The second kappa shape index (κ2) is 15.5. The van der Waals surface area contributed by atoms with Gasteiger partial charge in [0.05, 0.1) is 17.3 Å². The number of hydrogen-bond donors (Lipinski definition) is 1. The van der Waals surface area contributed by atoms with Gasteiger partial charge in [0, 0.05) is 5.57 Å². The van der Waals surface area contributed by atoms with Gasteiger partial charge in [-0.2, -0.15) is 0 Å². The summed E-state index contributed by atoms with van der Waals surface area (Å²) in [5.41, 5.74) is 5.25. The van der Waals surface area contributed by atoms with Crippen LogP contribution in [0, 0.1) is 51.2 Å². The Morgan fingerprint density at radius 2 is 1.53 bits per heavy atom. The van der Waals surface area contributed by atoms with E-state index in [1.165, 1.54) is 23.1 Å². The van der Waals surface area contributed by atoms with Crippen molar-refractivity contribution >= 4 is 17.5 Å². The van der Waals surface area contributed by atoms with Crippen LogP contribution in [0.1, 0.15) is 159 Å². The van der Waals surface area contributed by atoms with Crippen molar-refractivity contribution in [3.63, 3.8) is 0 Å². The number of carbonyl (C=O) groups is 2. The molecule has 0 heterocycles. The molecular formula is C49H74O6. The summed E-state index contributed by atoms with van der Waals surface area (Å²) in [7, 11) is 0. The molecule has 6 nitrogen and oxygen atoms in total. The predicted octanol–water partition coefficient (Wildman–Crippen LogP) is 11.8. The molecular weight excluding hydrogens is 685 g/mol. The summed E-state index contributed by atoms with van der Waals surface area (Å²) in [5, 5.41) is 12.5. The molecule has 0 bridgehead atoms. The Hall–Kier alpha value is -2.86. The third kappa shape index (κ3) is 8.01. The van der Waals surface area contributed by atoms with E-state index in [9.17, 15) is 14.7 Å². The highest BCUT2D eigenvalue weighted by molar-refractivity contribution is 5.90. The van der Waals surface area contributed by atoms with Gasteiger partial charge in [-0.25, -0.2) is 4.79 Å². The van der Waals surface area contributed by atoms with Crippen molar-refractivity contribution in [3.8, 4) is 0 Å². The zero-order valence-electron chi connectivity index (χ0n) is 36.9. The maximum Gasteiger partial charge on any atom is 0.336 e. The van der Waals surface area contributed by atoms with Crippen LogP contribution in [0.2, 0.25) is 0 Å². The number of fused-ring (bicyclic) bond motifs is 5. The van der Waals surface area contributed by atoms with Gasteiger partial charge in [-0.1, -0.05) is 91.8 Å². The number of hydrogen-bond acceptors (Lipinski definition) is 6. The highest BCUT2D eigenvalue weighted by Crippen LogP contribution is 2.74. The van der Waals surface area contributed by atoms with Gasteiger partial charge in [0.15, 0.2) is 0 Å². The number of benzene rings is 1. The first-order valence-electron chi connectivity index (χ1n) is 21.2. The Morgan fingerprint density at radius 3 is 2.09 bits per heavy atom. The van der Waals surface area contributed by atoms with Gasteiger partial charge in [-0.05, 0) is 166 Å². The normalized spacial score (nSPS) is 35.4. The maximum absolute atomic E-state index is 14.6. The topological polar surface area (TPSA) is 82.1 Å². The molecule has 0 aliphatic heterocycles. The highest BCUT2D eigenvalue weighted by Gasteiger charge is 2.70. The van der Waals surface area contributed by atoms with Crippen molar-refractivity contribution in [1.82, 2.24) is 0 Å². The van der Waals surface area contributed by atoms with E-state index in [-0.39, 0.29) is 39.6 Å². The lowest BCUT2D eigenvalue weighted by Crippen LogP contribution is -2.65. The lowest BCUT2D eigenvalue weighted by Gasteiger charge is -2.69. The Balaban J connectivity index is 1.60. The Morgan fingerprint density at radius 1 is 0.891 bits per heavy atom. The fourth-order valence-electron chi connectivity index (χ4n) is 12.1.